The summed E-state index contributed by atoms with van der Waals surface area (Å²) in [6.07, 6.45) is 1.37. The molecular weight excluding hydrogens is 505 g/mol. The van der Waals surface area contributed by atoms with Crippen molar-refractivity contribution in [3.8, 4) is 23.0 Å². The lowest BCUT2D eigenvalue weighted by molar-refractivity contribution is -0.119. The van der Waals surface area contributed by atoms with Crippen molar-refractivity contribution < 1.29 is 36.6 Å². The first kappa shape index (κ1) is 25.8. The first-order valence-corrected chi connectivity index (χ1v) is 12.5. The van der Waals surface area contributed by atoms with E-state index in [2.05, 4.69) is 10.5 Å². The second-order valence-electron chi connectivity index (χ2n) is 7.70. The Hall–Kier alpha value is -4.32. The maximum absolute atomic E-state index is 13.6. The van der Waals surface area contributed by atoms with Gasteiger partial charge in [-0.15, -0.1) is 0 Å². The first-order chi connectivity index (χ1) is 17.8. The molecule has 0 aromatic heterocycles. The normalized spacial score (nSPS) is 12.7. The van der Waals surface area contributed by atoms with Gasteiger partial charge in [-0.2, -0.15) is 5.10 Å². The third-order valence-corrected chi connectivity index (χ3v) is 7.08. The predicted octanol–water partition coefficient (Wildman–Crippen LogP) is 2.96. The number of hydrogen-bond acceptors (Lipinski definition) is 8. The molecule has 194 valence electrons. The van der Waals surface area contributed by atoms with Crippen LogP contribution >= 0.6 is 0 Å². The van der Waals surface area contributed by atoms with Crippen molar-refractivity contribution in [3.63, 3.8) is 0 Å². The molecule has 12 heteroatoms. The van der Waals surface area contributed by atoms with Crippen LogP contribution in [0.1, 0.15) is 5.56 Å². The van der Waals surface area contributed by atoms with Gasteiger partial charge in [-0.3, -0.25) is 9.10 Å². The number of sulfonamides is 1. The Morgan fingerprint density at radius 2 is 1.70 bits per heavy atom. The molecule has 1 aliphatic rings. The number of nitrogens with one attached hydrogen (secondary N) is 1. The second-order valence-corrected chi connectivity index (χ2v) is 9.56. The SMILES string of the molecule is COc1ccc(/C=N\NC(=O)CN(c2ccc(F)cc2)S(=O)(=O)c2ccc3c(c2)OCCO3)cc1OC. The molecule has 0 radical (unpaired) electrons. The number of hydrazone groups is 1. The number of ether oxygens (including phenoxy) is 4. The highest BCUT2D eigenvalue weighted by atomic mass is 32.2. The maximum atomic E-state index is 13.6. The van der Waals surface area contributed by atoms with Gasteiger partial charge in [0, 0.05) is 6.07 Å². The fraction of sp³-hybridized carbons (Fsp3) is 0.200. The van der Waals surface area contributed by atoms with Crippen molar-refractivity contribution in [2.75, 3.05) is 38.3 Å². The zero-order valence-electron chi connectivity index (χ0n) is 20.0. The number of carbonyl (C=O) groups is 1. The lowest BCUT2D eigenvalue weighted by Gasteiger charge is -2.25. The van der Waals surface area contributed by atoms with Crippen LogP contribution < -0.4 is 28.7 Å². The summed E-state index contributed by atoms with van der Waals surface area (Å²) < 4.78 is 62.9. The summed E-state index contributed by atoms with van der Waals surface area (Å²) in [5.74, 6) is 0.427. The summed E-state index contributed by atoms with van der Waals surface area (Å²) in [5.41, 5.74) is 3.02. The highest BCUT2D eigenvalue weighted by Crippen LogP contribution is 2.34. The number of amides is 1. The average Bonchev–Trinajstić information content (AvgIpc) is 2.91. The number of carbonyl (C=O) groups excluding carboxylic acids is 1. The van der Waals surface area contributed by atoms with Crippen LogP contribution in [0, 0.1) is 5.82 Å². The van der Waals surface area contributed by atoms with Gasteiger partial charge in [-0.05, 0) is 60.2 Å². The van der Waals surface area contributed by atoms with Crippen molar-refractivity contribution in [2.45, 2.75) is 4.90 Å². The van der Waals surface area contributed by atoms with Crippen molar-refractivity contribution in [2.24, 2.45) is 5.10 Å². The topological polar surface area (TPSA) is 116 Å². The smallest absolute Gasteiger partial charge is 0.264 e. The Morgan fingerprint density at radius 1 is 1.00 bits per heavy atom. The van der Waals surface area contributed by atoms with E-state index in [0.717, 1.165) is 16.4 Å². The van der Waals surface area contributed by atoms with Crippen LogP contribution in [0.2, 0.25) is 0 Å². The number of halogens is 1. The van der Waals surface area contributed by atoms with E-state index in [1.807, 2.05) is 0 Å². The zero-order chi connectivity index (χ0) is 26.4. The minimum atomic E-state index is -4.26. The molecule has 1 aliphatic heterocycles. The minimum Gasteiger partial charge on any atom is -0.493 e. The highest BCUT2D eigenvalue weighted by Gasteiger charge is 2.29. The van der Waals surface area contributed by atoms with Crippen molar-refractivity contribution in [3.05, 3.63) is 72.0 Å². The van der Waals surface area contributed by atoms with Crippen LogP contribution in [0.3, 0.4) is 0 Å². The maximum Gasteiger partial charge on any atom is 0.264 e. The van der Waals surface area contributed by atoms with Crippen LogP contribution in [0.15, 0.2) is 70.7 Å². The van der Waals surface area contributed by atoms with Crippen molar-refractivity contribution in [1.29, 1.82) is 0 Å². The number of benzene rings is 3. The van der Waals surface area contributed by atoms with Crippen molar-refractivity contribution >= 4 is 27.8 Å². The Balaban J connectivity index is 1.56. The van der Waals surface area contributed by atoms with E-state index in [9.17, 15) is 17.6 Å². The van der Waals surface area contributed by atoms with Gasteiger partial charge in [0.25, 0.3) is 15.9 Å². The standard InChI is InChI=1S/C25H24FN3O7S/c1-33-21-9-3-17(13-23(21)34-2)15-27-28-25(30)16-29(19-6-4-18(26)5-7-19)37(31,32)20-8-10-22-24(14-20)36-12-11-35-22/h3-10,13-15H,11-12,16H2,1-2H3,(H,28,30)/b27-15-. The number of anilines is 1. The molecule has 0 saturated heterocycles. The van der Waals surface area contributed by atoms with Crippen LogP contribution in [0.5, 0.6) is 23.0 Å². The Bertz CT molecular complexity index is 1410. The average molecular weight is 530 g/mol. The van der Waals surface area contributed by atoms with E-state index < -0.39 is 28.3 Å². The van der Waals surface area contributed by atoms with E-state index in [-0.39, 0.29) is 22.9 Å². The molecule has 0 aliphatic carbocycles. The number of rotatable bonds is 9. The fourth-order valence-electron chi connectivity index (χ4n) is 3.51. The second kappa shape index (κ2) is 11.2. The molecule has 0 spiro atoms. The molecule has 10 nitrogen and oxygen atoms in total. The van der Waals surface area contributed by atoms with Gasteiger partial charge in [0.15, 0.2) is 23.0 Å². The van der Waals surface area contributed by atoms with Gasteiger partial charge >= 0.3 is 0 Å². The summed E-state index contributed by atoms with van der Waals surface area (Å²) in [7, 11) is -1.25. The van der Waals surface area contributed by atoms with Gasteiger partial charge in [0.1, 0.15) is 25.6 Å². The van der Waals surface area contributed by atoms with E-state index in [1.54, 1.807) is 18.2 Å². The molecule has 37 heavy (non-hydrogen) atoms. The molecule has 1 N–H and O–H groups in total. The molecule has 3 aromatic carbocycles. The quantitative estimate of drug-likeness (QED) is 0.335. The molecule has 0 unspecified atom stereocenters. The molecule has 1 heterocycles. The Labute approximate surface area is 213 Å². The van der Waals surface area contributed by atoms with Crippen molar-refractivity contribution in [1.82, 2.24) is 5.43 Å². The molecule has 0 saturated carbocycles. The summed E-state index contributed by atoms with van der Waals surface area (Å²) in [6, 6.07) is 14.0. The monoisotopic (exact) mass is 529 g/mol. The van der Waals surface area contributed by atoms with Gasteiger partial charge < -0.3 is 18.9 Å². The largest absolute Gasteiger partial charge is 0.493 e. The lowest BCUT2D eigenvalue weighted by Crippen LogP contribution is -2.39. The van der Waals surface area contributed by atoms with Gasteiger partial charge in [-0.25, -0.2) is 18.2 Å². The predicted molar refractivity (Wildman–Crippen MR) is 134 cm³/mol. The van der Waals surface area contributed by atoms with Gasteiger partial charge in [0.2, 0.25) is 0 Å². The third kappa shape index (κ3) is 5.92. The molecule has 0 fully saturated rings. The minimum absolute atomic E-state index is 0.0929. The summed E-state index contributed by atoms with van der Waals surface area (Å²) in [5, 5.41) is 3.91. The Kier molecular flexibility index (Phi) is 7.77. The van der Waals surface area contributed by atoms with Crippen LogP contribution in [-0.2, 0) is 14.8 Å². The van der Waals surface area contributed by atoms with E-state index in [0.29, 0.717) is 29.4 Å². The molecule has 3 aromatic rings. The highest BCUT2D eigenvalue weighted by molar-refractivity contribution is 7.92. The summed E-state index contributed by atoms with van der Waals surface area (Å²) in [6.45, 7) is 0.00906. The molecule has 0 atom stereocenters. The summed E-state index contributed by atoms with van der Waals surface area (Å²) >= 11 is 0. The fourth-order valence-corrected chi connectivity index (χ4v) is 4.95. The van der Waals surface area contributed by atoms with E-state index in [1.165, 1.54) is 50.8 Å². The van der Waals surface area contributed by atoms with E-state index in [4.69, 9.17) is 18.9 Å². The van der Waals surface area contributed by atoms with Crippen LogP contribution in [-0.4, -0.2) is 54.5 Å². The van der Waals surface area contributed by atoms with Crippen LogP contribution in [0.25, 0.3) is 0 Å². The van der Waals surface area contributed by atoms with E-state index >= 15 is 0 Å². The third-order valence-electron chi connectivity index (χ3n) is 5.31. The Morgan fingerprint density at radius 3 is 2.41 bits per heavy atom. The zero-order valence-corrected chi connectivity index (χ0v) is 20.8. The molecular formula is C25H24FN3O7S. The van der Waals surface area contributed by atoms with Gasteiger partial charge in [0.05, 0.1) is 31.0 Å². The number of methoxy groups -OCH3 is 2. The number of nitrogens with zero attached hydrogens (tertiary/aromatic N) is 2. The molecule has 4 rings (SSSR count). The lowest BCUT2D eigenvalue weighted by atomic mass is 10.2. The number of hydrogen-bond donors (Lipinski definition) is 1. The van der Waals surface area contributed by atoms with Crippen LogP contribution in [0.4, 0.5) is 10.1 Å². The first-order valence-electron chi connectivity index (χ1n) is 11.0. The van der Waals surface area contributed by atoms with Gasteiger partial charge in [-0.1, -0.05) is 0 Å². The summed E-state index contributed by atoms with van der Waals surface area (Å²) in [4.78, 5) is 12.6. The molecule has 0 bridgehead atoms. The number of fused-ring (bicyclic) bond motifs is 1. The molecule has 1 amide bonds.